The number of hydrogen-bond donors (Lipinski definition) is 1. The molecule has 2 nitrogen and oxygen atoms in total. The van der Waals surface area contributed by atoms with Gasteiger partial charge in [-0.25, -0.2) is 9.55 Å². The second kappa shape index (κ2) is 8.14. The molecule has 0 aliphatic carbocycles. The number of nitrogens with one attached hydrogen (secondary N) is 1. The Bertz CT molecular complexity index is 683. The zero-order valence-electron chi connectivity index (χ0n) is 14.3. The molecule has 0 spiro atoms. The van der Waals surface area contributed by atoms with Gasteiger partial charge in [-0.2, -0.15) is 26.3 Å². The quantitative estimate of drug-likeness (QED) is 0.347. The van der Waals surface area contributed by atoms with Crippen LogP contribution < -0.4 is 4.57 Å². The molecule has 2 aromatic rings. The normalized spacial score (nSPS) is 12.6. The molecule has 26 heavy (non-hydrogen) atoms. The molecule has 1 aromatic heterocycles. The third-order valence-corrected chi connectivity index (χ3v) is 4.13. The standard InChI is InChI=1S/C18H20F6N2/c1-2-3-4-5-6-8-26-9-7-25-16(26)13-10-14(17(19,20)21)12-15(11-13)18(22,23)24/h7,9-12H,2-6,8H2,1H3/p+1. The van der Waals surface area contributed by atoms with Gasteiger partial charge in [0, 0.05) is 0 Å². The van der Waals surface area contributed by atoms with Crippen molar-refractivity contribution in [2.75, 3.05) is 0 Å². The molecule has 1 N–H and O–H groups in total. The number of hydrogen-bond acceptors (Lipinski definition) is 0. The lowest BCUT2D eigenvalue weighted by Crippen LogP contribution is -2.34. The van der Waals surface area contributed by atoms with E-state index >= 15 is 0 Å². The van der Waals surface area contributed by atoms with E-state index in [0.29, 0.717) is 6.54 Å². The predicted octanol–water partition coefficient (Wildman–Crippen LogP) is 5.98. The highest BCUT2D eigenvalue weighted by Crippen LogP contribution is 2.37. The second-order valence-electron chi connectivity index (χ2n) is 6.21. The molecule has 0 bridgehead atoms. The molecular formula is C18H21F6N2+. The van der Waals surface area contributed by atoms with E-state index in [2.05, 4.69) is 11.9 Å². The van der Waals surface area contributed by atoms with Crippen molar-refractivity contribution in [1.29, 1.82) is 0 Å². The van der Waals surface area contributed by atoms with E-state index < -0.39 is 23.5 Å². The van der Waals surface area contributed by atoms with E-state index in [-0.39, 0.29) is 17.5 Å². The minimum absolute atomic E-state index is 0.134. The Labute approximate surface area is 147 Å². The Morgan fingerprint density at radius 2 is 1.42 bits per heavy atom. The first-order valence-electron chi connectivity index (χ1n) is 8.49. The van der Waals surface area contributed by atoms with Gasteiger partial charge in [0.15, 0.2) is 0 Å². The maximum absolute atomic E-state index is 13.0. The summed E-state index contributed by atoms with van der Waals surface area (Å²) in [5.74, 6) is 0.233. The van der Waals surface area contributed by atoms with Gasteiger partial charge in [0.25, 0.3) is 5.82 Å². The first-order chi connectivity index (χ1) is 12.1. The van der Waals surface area contributed by atoms with E-state index in [9.17, 15) is 26.3 Å². The fourth-order valence-corrected chi connectivity index (χ4v) is 2.78. The third kappa shape index (κ3) is 5.25. The van der Waals surface area contributed by atoms with Gasteiger partial charge >= 0.3 is 12.4 Å². The molecule has 0 radical (unpaired) electrons. The topological polar surface area (TPSA) is 19.7 Å². The number of imidazole rings is 1. The number of aryl methyl sites for hydroxylation is 1. The van der Waals surface area contributed by atoms with Crippen LogP contribution in [0.15, 0.2) is 30.6 Å². The van der Waals surface area contributed by atoms with Crippen molar-refractivity contribution in [2.24, 2.45) is 0 Å². The minimum Gasteiger partial charge on any atom is -0.243 e. The van der Waals surface area contributed by atoms with Gasteiger partial charge in [0.1, 0.15) is 12.4 Å². The SMILES string of the molecule is CCCCCCC[n+]1cc[nH]c1-c1cc(C(F)(F)F)cc(C(F)(F)F)c1. The van der Waals surface area contributed by atoms with Gasteiger partial charge in [-0.1, -0.05) is 26.2 Å². The molecule has 0 saturated carbocycles. The van der Waals surface area contributed by atoms with Gasteiger partial charge in [-0.05, 0) is 31.0 Å². The Morgan fingerprint density at radius 1 is 0.846 bits per heavy atom. The molecule has 0 atom stereocenters. The van der Waals surface area contributed by atoms with Gasteiger partial charge in [0.2, 0.25) is 0 Å². The van der Waals surface area contributed by atoms with Gasteiger partial charge < -0.3 is 0 Å². The summed E-state index contributed by atoms with van der Waals surface area (Å²) >= 11 is 0. The molecule has 1 heterocycles. The van der Waals surface area contributed by atoms with E-state index in [4.69, 9.17) is 0 Å². The van der Waals surface area contributed by atoms with Crippen molar-refractivity contribution in [3.63, 3.8) is 0 Å². The fraction of sp³-hybridized carbons (Fsp3) is 0.500. The number of nitrogens with zero attached hydrogens (tertiary/aromatic N) is 1. The minimum atomic E-state index is -4.85. The summed E-state index contributed by atoms with van der Waals surface area (Å²) in [7, 11) is 0. The van der Waals surface area contributed by atoms with Gasteiger partial charge in [-0.15, -0.1) is 0 Å². The van der Waals surface area contributed by atoms with Gasteiger partial charge in [0.05, 0.1) is 23.2 Å². The lowest BCUT2D eigenvalue weighted by Gasteiger charge is -2.13. The Balaban J connectivity index is 2.32. The molecule has 0 aliphatic heterocycles. The number of H-pyrrole nitrogens is 1. The van der Waals surface area contributed by atoms with Crippen LogP contribution in [-0.4, -0.2) is 4.98 Å². The smallest absolute Gasteiger partial charge is 0.243 e. The molecule has 1 aromatic carbocycles. The summed E-state index contributed by atoms with van der Waals surface area (Å²) in [4.78, 5) is 2.76. The highest BCUT2D eigenvalue weighted by Gasteiger charge is 2.37. The number of benzene rings is 1. The molecule has 0 aliphatic rings. The Kier molecular flexibility index (Phi) is 6.36. The highest BCUT2D eigenvalue weighted by atomic mass is 19.4. The van der Waals surface area contributed by atoms with E-state index in [1.165, 1.54) is 6.20 Å². The number of unbranched alkanes of at least 4 members (excludes halogenated alkanes) is 4. The van der Waals surface area contributed by atoms with E-state index in [1.807, 2.05) is 0 Å². The lowest BCUT2D eigenvalue weighted by atomic mass is 10.0. The maximum Gasteiger partial charge on any atom is 0.416 e. The van der Waals surface area contributed by atoms with Crippen LogP contribution >= 0.6 is 0 Å². The molecule has 0 amide bonds. The molecule has 144 valence electrons. The summed E-state index contributed by atoms with van der Waals surface area (Å²) in [6, 6.07) is 1.63. The number of alkyl halides is 6. The number of aromatic amines is 1. The molecule has 8 heteroatoms. The van der Waals surface area contributed by atoms with Crippen molar-refractivity contribution >= 4 is 0 Å². The Morgan fingerprint density at radius 3 is 1.96 bits per heavy atom. The largest absolute Gasteiger partial charge is 0.416 e. The number of halogens is 6. The number of aromatic nitrogens is 2. The summed E-state index contributed by atoms with van der Waals surface area (Å²) in [6.45, 7) is 2.62. The van der Waals surface area contributed by atoms with Crippen molar-refractivity contribution in [3.8, 4) is 11.4 Å². The van der Waals surface area contributed by atoms with Crippen LogP contribution in [0.5, 0.6) is 0 Å². The van der Waals surface area contributed by atoms with Crippen LogP contribution in [0.25, 0.3) is 11.4 Å². The summed E-state index contributed by atoms with van der Waals surface area (Å²) < 4.78 is 79.7. The van der Waals surface area contributed by atoms with Crippen LogP contribution in [0.1, 0.15) is 50.2 Å². The average molecular weight is 379 g/mol. The first-order valence-corrected chi connectivity index (χ1v) is 8.49. The highest BCUT2D eigenvalue weighted by molar-refractivity contribution is 5.56. The predicted molar refractivity (Wildman–Crippen MR) is 85.2 cm³/mol. The van der Waals surface area contributed by atoms with Crippen LogP contribution in [0.3, 0.4) is 0 Å². The maximum atomic E-state index is 13.0. The first kappa shape index (κ1) is 20.3. The number of rotatable bonds is 7. The second-order valence-corrected chi connectivity index (χ2v) is 6.21. The van der Waals surface area contributed by atoms with Crippen molar-refractivity contribution < 1.29 is 30.9 Å². The van der Waals surface area contributed by atoms with E-state index in [0.717, 1.165) is 44.2 Å². The summed E-state index contributed by atoms with van der Waals surface area (Å²) in [6.07, 6.45) is -1.56. The van der Waals surface area contributed by atoms with Crippen LogP contribution in [0, 0.1) is 0 Å². The average Bonchev–Trinajstić information content (AvgIpc) is 3.01. The molecule has 0 unspecified atom stereocenters. The zero-order chi connectivity index (χ0) is 19.4. The van der Waals surface area contributed by atoms with E-state index in [1.54, 1.807) is 10.8 Å². The fourth-order valence-electron chi connectivity index (χ4n) is 2.78. The lowest BCUT2D eigenvalue weighted by molar-refractivity contribution is -0.685. The van der Waals surface area contributed by atoms with Gasteiger partial charge in [-0.3, -0.25) is 0 Å². The molecular weight excluding hydrogens is 358 g/mol. The third-order valence-electron chi connectivity index (χ3n) is 4.13. The zero-order valence-corrected chi connectivity index (χ0v) is 14.3. The Hall–Kier alpha value is -1.99. The summed E-state index contributed by atoms with van der Waals surface area (Å²) in [5.41, 5.74) is -2.76. The monoisotopic (exact) mass is 379 g/mol. The van der Waals surface area contributed by atoms with Crippen LogP contribution in [0.4, 0.5) is 26.3 Å². The van der Waals surface area contributed by atoms with Crippen LogP contribution in [-0.2, 0) is 18.9 Å². The summed E-state index contributed by atoms with van der Waals surface area (Å²) in [5, 5.41) is 0. The molecule has 0 saturated heterocycles. The van der Waals surface area contributed by atoms with Crippen molar-refractivity contribution in [1.82, 2.24) is 4.98 Å². The molecule has 0 fully saturated rings. The molecule has 2 rings (SSSR count). The van der Waals surface area contributed by atoms with Crippen molar-refractivity contribution in [3.05, 3.63) is 41.7 Å². The van der Waals surface area contributed by atoms with Crippen molar-refractivity contribution in [2.45, 2.75) is 57.9 Å². The van der Waals surface area contributed by atoms with Crippen LogP contribution in [0.2, 0.25) is 0 Å².